The number of nitrogens with two attached hydrogens (primary N) is 1. The van der Waals surface area contributed by atoms with Crippen molar-refractivity contribution in [2.45, 2.75) is 32.4 Å². The van der Waals surface area contributed by atoms with Crippen LogP contribution in [0.3, 0.4) is 0 Å². The molecule has 0 spiro atoms. The molecule has 82 valence electrons. The zero-order valence-electron chi connectivity index (χ0n) is 7.82. The molecule has 0 heterocycles. The van der Waals surface area contributed by atoms with Crippen molar-refractivity contribution < 1.29 is 9.90 Å². The number of hydrogen-bond acceptors (Lipinski definition) is 3. The first-order valence-electron chi connectivity index (χ1n) is 3.84. The first-order chi connectivity index (χ1) is 5.13. The largest absolute Gasteiger partial charge is 0.382 e. The normalized spacial score (nSPS) is 13.2. The molecule has 0 unspecified atom stereocenters. The van der Waals surface area contributed by atoms with Crippen molar-refractivity contribution >= 4 is 30.7 Å². The SMILES string of the molecule is CCNC(=O)[C@@H](O)[C@@H](N)CC.Cl.Cl. The molecule has 13 heavy (non-hydrogen) atoms. The summed E-state index contributed by atoms with van der Waals surface area (Å²) in [6, 6.07) is -0.457. The summed E-state index contributed by atoms with van der Waals surface area (Å²) in [7, 11) is 0. The molecule has 0 aliphatic heterocycles. The molecule has 0 aliphatic rings. The number of nitrogens with one attached hydrogen (secondary N) is 1. The van der Waals surface area contributed by atoms with E-state index in [0.717, 1.165) is 0 Å². The van der Waals surface area contributed by atoms with Gasteiger partial charge in [0, 0.05) is 12.6 Å². The summed E-state index contributed by atoms with van der Waals surface area (Å²) in [5.74, 6) is -0.387. The third kappa shape index (κ3) is 7.07. The second-order valence-corrected chi connectivity index (χ2v) is 2.41. The van der Waals surface area contributed by atoms with Crippen molar-refractivity contribution in [3.8, 4) is 0 Å². The van der Waals surface area contributed by atoms with Crippen LogP contribution in [0, 0.1) is 0 Å². The molecule has 0 bridgehead atoms. The number of rotatable bonds is 4. The molecule has 4 N–H and O–H groups in total. The van der Waals surface area contributed by atoms with Gasteiger partial charge in [0.25, 0.3) is 0 Å². The fraction of sp³-hybridized carbons (Fsp3) is 0.857. The number of aliphatic hydroxyl groups is 1. The second kappa shape index (κ2) is 10.1. The quantitative estimate of drug-likeness (QED) is 0.642. The zero-order chi connectivity index (χ0) is 8.85. The van der Waals surface area contributed by atoms with E-state index in [1.807, 2.05) is 6.92 Å². The van der Waals surface area contributed by atoms with E-state index in [-0.39, 0.29) is 30.7 Å². The van der Waals surface area contributed by atoms with Gasteiger partial charge in [-0.3, -0.25) is 4.79 Å². The van der Waals surface area contributed by atoms with Gasteiger partial charge < -0.3 is 16.2 Å². The number of carbonyl (C=O) groups excluding carboxylic acids is 1. The van der Waals surface area contributed by atoms with Crippen LogP contribution in [0.25, 0.3) is 0 Å². The Bertz CT molecular complexity index is 136. The fourth-order valence-corrected chi connectivity index (χ4v) is 0.696. The van der Waals surface area contributed by atoms with Crippen LogP contribution >= 0.6 is 24.8 Å². The van der Waals surface area contributed by atoms with Crippen LogP contribution in [0.4, 0.5) is 0 Å². The molecule has 0 saturated heterocycles. The minimum absolute atomic E-state index is 0. The summed E-state index contributed by atoms with van der Waals surface area (Å²) in [5, 5.41) is 11.7. The van der Waals surface area contributed by atoms with E-state index in [0.29, 0.717) is 13.0 Å². The van der Waals surface area contributed by atoms with Crippen molar-refractivity contribution in [1.82, 2.24) is 5.32 Å². The summed E-state index contributed by atoms with van der Waals surface area (Å²) in [6.45, 7) is 4.14. The summed E-state index contributed by atoms with van der Waals surface area (Å²) >= 11 is 0. The average Bonchev–Trinajstić information content (AvgIpc) is 2.02. The molecule has 0 saturated carbocycles. The molecule has 0 aromatic rings. The van der Waals surface area contributed by atoms with Gasteiger partial charge in [0.1, 0.15) is 6.10 Å². The smallest absolute Gasteiger partial charge is 0.250 e. The maximum absolute atomic E-state index is 10.9. The molecule has 1 amide bonds. The van der Waals surface area contributed by atoms with Gasteiger partial charge >= 0.3 is 0 Å². The topological polar surface area (TPSA) is 75.3 Å². The Labute approximate surface area is 91.1 Å². The number of aliphatic hydroxyl groups excluding tert-OH is 1. The number of carbonyl (C=O) groups is 1. The Kier molecular flexibility index (Phi) is 14.5. The minimum atomic E-state index is -1.07. The maximum Gasteiger partial charge on any atom is 0.250 e. The van der Waals surface area contributed by atoms with Gasteiger partial charge in [-0.25, -0.2) is 0 Å². The molecule has 0 radical (unpaired) electrons. The Hall–Kier alpha value is -0.0300. The molecule has 0 aromatic heterocycles. The highest BCUT2D eigenvalue weighted by Crippen LogP contribution is 1.94. The van der Waals surface area contributed by atoms with Crippen molar-refractivity contribution in [3.05, 3.63) is 0 Å². The number of hydrogen-bond donors (Lipinski definition) is 3. The monoisotopic (exact) mass is 232 g/mol. The molecular weight excluding hydrogens is 215 g/mol. The lowest BCUT2D eigenvalue weighted by molar-refractivity contribution is -0.130. The van der Waals surface area contributed by atoms with E-state index in [2.05, 4.69) is 5.32 Å². The Morgan fingerprint density at radius 1 is 1.46 bits per heavy atom. The molecule has 0 rings (SSSR count). The van der Waals surface area contributed by atoms with E-state index in [9.17, 15) is 9.90 Å². The number of amides is 1. The first-order valence-corrected chi connectivity index (χ1v) is 3.84. The summed E-state index contributed by atoms with van der Waals surface area (Å²) < 4.78 is 0. The van der Waals surface area contributed by atoms with Crippen LogP contribution in [0.1, 0.15) is 20.3 Å². The predicted molar refractivity (Wildman–Crippen MR) is 57.5 cm³/mol. The molecular formula is C7H18Cl2N2O2. The number of halogens is 2. The Morgan fingerprint density at radius 3 is 2.23 bits per heavy atom. The molecule has 6 heteroatoms. The molecule has 4 nitrogen and oxygen atoms in total. The molecule has 0 fully saturated rings. The van der Waals surface area contributed by atoms with Crippen LogP contribution in [0.2, 0.25) is 0 Å². The average molecular weight is 233 g/mol. The third-order valence-corrected chi connectivity index (χ3v) is 1.50. The Morgan fingerprint density at radius 2 is 1.92 bits per heavy atom. The predicted octanol–water partition coefficient (Wildman–Crippen LogP) is 0.0643. The standard InChI is InChI=1S/C7H16N2O2.2ClH/c1-3-5(8)6(10)7(11)9-4-2;;/h5-6,10H,3-4,8H2,1-2H3,(H,9,11);2*1H/t5-,6-;;/m0../s1. The minimum Gasteiger partial charge on any atom is -0.382 e. The summed E-state index contributed by atoms with van der Waals surface area (Å²) in [6.07, 6.45) is -0.474. The van der Waals surface area contributed by atoms with Crippen LogP contribution in [0.5, 0.6) is 0 Å². The molecule has 0 aliphatic carbocycles. The van der Waals surface area contributed by atoms with Gasteiger partial charge in [-0.1, -0.05) is 6.92 Å². The lowest BCUT2D eigenvalue weighted by Crippen LogP contribution is -2.45. The van der Waals surface area contributed by atoms with Crippen molar-refractivity contribution in [2.75, 3.05) is 6.54 Å². The van der Waals surface area contributed by atoms with Gasteiger partial charge in [-0.2, -0.15) is 0 Å². The second-order valence-electron chi connectivity index (χ2n) is 2.41. The zero-order valence-corrected chi connectivity index (χ0v) is 9.45. The lowest BCUT2D eigenvalue weighted by Gasteiger charge is -2.15. The van der Waals surface area contributed by atoms with E-state index in [1.165, 1.54) is 0 Å². The summed E-state index contributed by atoms with van der Waals surface area (Å²) in [4.78, 5) is 10.9. The lowest BCUT2D eigenvalue weighted by atomic mass is 10.1. The van der Waals surface area contributed by atoms with E-state index >= 15 is 0 Å². The van der Waals surface area contributed by atoms with Crippen LogP contribution in [-0.4, -0.2) is 29.7 Å². The third-order valence-electron chi connectivity index (χ3n) is 1.50. The highest BCUT2D eigenvalue weighted by atomic mass is 35.5. The van der Waals surface area contributed by atoms with Crippen LogP contribution in [-0.2, 0) is 4.79 Å². The Balaban J connectivity index is -0.000000500. The van der Waals surface area contributed by atoms with Gasteiger partial charge in [-0.05, 0) is 13.3 Å². The fourth-order valence-electron chi connectivity index (χ4n) is 0.696. The van der Waals surface area contributed by atoms with Crippen molar-refractivity contribution in [3.63, 3.8) is 0 Å². The number of likely N-dealkylation sites (N-methyl/N-ethyl adjacent to an activating group) is 1. The molecule has 0 aromatic carbocycles. The van der Waals surface area contributed by atoms with Gasteiger partial charge in [-0.15, -0.1) is 24.8 Å². The highest BCUT2D eigenvalue weighted by molar-refractivity contribution is 5.85. The van der Waals surface area contributed by atoms with Crippen molar-refractivity contribution in [2.24, 2.45) is 5.73 Å². The van der Waals surface area contributed by atoms with Crippen molar-refractivity contribution in [1.29, 1.82) is 0 Å². The van der Waals surface area contributed by atoms with Gasteiger partial charge in [0.15, 0.2) is 0 Å². The van der Waals surface area contributed by atoms with Crippen LogP contribution in [0.15, 0.2) is 0 Å². The maximum atomic E-state index is 10.9. The van der Waals surface area contributed by atoms with Gasteiger partial charge in [0.2, 0.25) is 5.91 Å². The van der Waals surface area contributed by atoms with Crippen LogP contribution < -0.4 is 11.1 Å². The molecule has 2 atom stereocenters. The highest BCUT2D eigenvalue weighted by Gasteiger charge is 2.19. The first kappa shape index (κ1) is 18.7. The summed E-state index contributed by atoms with van der Waals surface area (Å²) in [5.41, 5.74) is 5.44. The van der Waals surface area contributed by atoms with E-state index < -0.39 is 12.1 Å². The van der Waals surface area contributed by atoms with Gasteiger partial charge in [0.05, 0.1) is 0 Å². The van der Waals surface area contributed by atoms with E-state index in [1.54, 1.807) is 6.92 Å². The van der Waals surface area contributed by atoms with E-state index in [4.69, 9.17) is 5.73 Å².